The van der Waals surface area contributed by atoms with Gasteiger partial charge in [-0.3, -0.25) is 0 Å². The summed E-state index contributed by atoms with van der Waals surface area (Å²) in [6, 6.07) is 11.8. The van der Waals surface area contributed by atoms with Gasteiger partial charge in [-0.15, -0.1) is 0 Å². The van der Waals surface area contributed by atoms with E-state index in [1.54, 1.807) is 0 Å². The Bertz CT molecular complexity index is 673. The van der Waals surface area contributed by atoms with Crippen LogP contribution in [-0.4, -0.2) is 6.61 Å². The first-order valence-electron chi connectivity index (χ1n) is 8.10. The fourth-order valence-electron chi connectivity index (χ4n) is 2.59. The van der Waals surface area contributed by atoms with Crippen LogP contribution in [0.15, 0.2) is 36.4 Å². The van der Waals surface area contributed by atoms with Gasteiger partial charge in [0.15, 0.2) is 0 Å². The monoisotopic (exact) mass is 411 g/mol. The second-order valence-electron chi connectivity index (χ2n) is 6.09. The molecule has 2 aromatic carbocycles. The lowest BCUT2D eigenvalue weighted by atomic mass is 9.93. The van der Waals surface area contributed by atoms with Crippen molar-refractivity contribution in [1.82, 2.24) is 0 Å². The van der Waals surface area contributed by atoms with Crippen molar-refractivity contribution in [2.24, 2.45) is 5.92 Å². The van der Waals surface area contributed by atoms with Crippen LogP contribution in [-0.2, 0) is 16.5 Å². The van der Waals surface area contributed by atoms with Crippen LogP contribution in [0.4, 0.5) is 4.39 Å². The molecule has 0 bridgehead atoms. The molecule has 2 rings (SSSR count). The van der Waals surface area contributed by atoms with E-state index < -0.39 is 6.36 Å². The van der Waals surface area contributed by atoms with Gasteiger partial charge in [0.2, 0.25) is 0 Å². The van der Waals surface area contributed by atoms with Crippen LogP contribution in [0.25, 0.3) is 11.1 Å². The van der Waals surface area contributed by atoms with E-state index in [-0.39, 0.29) is 5.92 Å². The maximum Gasteiger partial charge on any atom is 0.301 e. The molecule has 0 aromatic heterocycles. The van der Waals surface area contributed by atoms with Crippen LogP contribution in [0.1, 0.15) is 37.5 Å². The highest BCUT2D eigenvalue weighted by Gasteiger charge is 2.25. The van der Waals surface area contributed by atoms with Crippen molar-refractivity contribution < 1.29 is 9.13 Å². The van der Waals surface area contributed by atoms with Crippen LogP contribution < -0.4 is 0 Å². The van der Waals surface area contributed by atoms with E-state index in [1.165, 1.54) is 0 Å². The molecule has 4 heteroatoms. The first kappa shape index (κ1) is 19.4. The standard InChI is InChI=1S/C20H22BrClFO/c1-4-14-10-16(11-21)17(15-8-6-5-7-9-15)19(22)18(14)20(23)24-12-13(2)3/h5-10,13H,4,11-12H2,1-3H3. The van der Waals surface area contributed by atoms with Crippen LogP contribution in [0.2, 0.25) is 5.02 Å². The van der Waals surface area contributed by atoms with Crippen molar-refractivity contribution >= 4 is 27.5 Å². The number of rotatable bonds is 7. The van der Waals surface area contributed by atoms with Gasteiger partial charge in [0, 0.05) is 16.5 Å². The van der Waals surface area contributed by atoms with Crippen LogP contribution >= 0.6 is 27.5 Å². The van der Waals surface area contributed by atoms with E-state index in [2.05, 4.69) is 15.9 Å². The van der Waals surface area contributed by atoms with Crippen molar-refractivity contribution in [2.75, 3.05) is 6.61 Å². The minimum absolute atomic E-state index is 0.245. The third-order valence-corrected chi connectivity index (χ3v) is 4.74. The summed E-state index contributed by atoms with van der Waals surface area (Å²) in [6.07, 6.45) is 0.0895. The number of benzene rings is 2. The Morgan fingerprint density at radius 2 is 1.88 bits per heavy atom. The van der Waals surface area contributed by atoms with E-state index in [0.29, 0.717) is 28.9 Å². The zero-order valence-electron chi connectivity index (χ0n) is 14.2. The fraction of sp³-hybridized carbons (Fsp3) is 0.350. The number of hydrogen-bond donors (Lipinski definition) is 0. The van der Waals surface area contributed by atoms with E-state index in [9.17, 15) is 4.39 Å². The molecule has 0 aliphatic carbocycles. The Morgan fingerprint density at radius 1 is 1.21 bits per heavy atom. The molecule has 24 heavy (non-hydrogen) atoms. The lowest BCUT2D eigenvalue weighted by Gasteiger charge is -2.20. The van der Waals surface area contributed by atoms with Crippen LogP contribution in [0.3, 0.4) is 0 Å². The molecule has 0 N–H and O–H groups in total. The first-order chi connectivity index (χ1) is 11.5. The molecule has 0 amide bonds. The minimum Gasteiger partial charge on any atom is -0.337 e. The van der Waals surface area contributed by atoms with Crippen LogP contribution in [0.5, 0.6) is 0 Å². The normalized spacial score (nSPS) is 11.5. The Kier molecular flexibility index (Phi) is 7.27. The van der Waals surface area contributed by atoms with Gasteiger partial charge in [-0.1, -0.05) is 84.7 Å². The van der Waals surface area contributed by atoms with Gasteiger partial charge in [0.05, 0.1) is 11.6 Å². The van der Waals surface area contributed by atoms with E-state index in [1.807, 2.05) is 57.2 Å². The highest BCUT2D eigenvalue weighted by atomic mass is 79.9. The quantitative estimate of drug-likeness (QED) is 0.447. The zero-order chi connectivity index (χ0) is 17.7. The summed E-state index contributed by atoms with van der Waals surface area (Å²) in [5.41, 5.74) is 4.10. The molecule has 0 unspecified atom stereocenters. The molecule has 0 aliphatic heterocycles. The predicted octanol–water partition coefficient (Wildman–Crippen LogP) is 6.94. The third kappa shape index (κ3) is 4.38. The second kappa shape index (κ2) is 8.98. The molecule has 0 heterocycles. The van der Waals surface area contributed by atoms with E-state index >= 15 is 0 Å². The average molecular weight is 413 g/mol. The van der Waals surface area contributed by atoms with Crippen molar-refractivity contribution in [3.8, 4) is 11.1 Å². The highest BCUT2D eigenvalue weighted by molar-refractivity contribution is 9.08. The van der Waals surface area contributed by atoms with Gasteiger partial charge >= 0.3 is 6.36 Å². The predicted molar refractivity (Wildman–Crippen MR) is 103 cm³/mol. The average Bonchev–Trinajstić information content (AvgIpc) is 2.59. The summed E-state index contributed by atoms with van der Waals surface area (Å²) >= 11 is 10.2. The van der Waals surface area contributed by atoms with E-state index in [0.717, 1.165) is 22.3 Å². The zero-order valence-corrected chi connectivity index (χ0v) is 16.5. The molecular weight excluding hydrogens is 391 g/mol. The highest BCUT2D eigenvalue weighted by Crippen LogP contribution is 2.41. The third-order valence-electron chi connectivity index (χ3n) is 3.76. The number of hydrogen-bond acceptors (Lipinski definition) is 1. The van der Waals surface area contributed by atoms with E-state index in [4.69, 9.17) is 16.3 Å². The summed E-state index contributed by atoms with van der Waals surface area (Å²) in [7, 11) is 0. The fourth-order valence-corrected chi connectivity index (χ4v) is 3.46. The summed E-state index contributed by atoms with van der Waals surface area (Å²) in [5.74, 6) is 0.245. The number of ether oxygens (including phenoxy) is 1. The van der Waals surface area contributed by atoms with Crippen molar-refractivity contribution in [1.29, 1.82) is 0 Å². The Hall–Kier alpha value is -0.900. The molecule has 1 nitrogen and oxygen atoms in total. The SMILES string of the molecule is CCc1cc(CBr)c(-c2ccccc2)c(Cl)c1[C](F)OCC(C)C. The summed E-state index contributed by atoms with van der Waals surface area (Å²) in [4.78, 5) is 0. The largest absolute Gasteiger partial charge is 0.337 e. The number of aryl methyl sites for hydroxylation is 1. The number of alkyl halides is 1. The van der Waals surface area contributed by atoms with Crippen molar-refractivity contribution in [3.05, 3.63) is 64.5 Å². The summed E-state index contributed by atoms with van der Waals surface area (Å²) in [5, 5.41) is 1.06. The van der Waals surface area contributed by atoms with Gasteiger partial charge in [0.25, 0.3) is 0 Å². The molecule has 129 valence electrons. The topological polar surface area (TPSA) is 9.23 Å². The molecule has 0 saturated carbocycles. The Morgan fingerprint density at radius 3 is 2.42 bits per heavy atom. The van der Waals surface area contributed by atoms with Gasteiger partial charge < -0.3 is 4.74 Å². The smallest absolute Gasteiger partial charge is 0.301 e. The Labute approximate surface area is 157 Å². The molecule has 0 atom stereocenters. The molecule has 2 aromatic rings. The molecule has 0 fully saturated rings. The maximum absolute atomic E-state index is 14.7. The van der Waals surface area contributed by atoms with Gasteiger partial charge in [-0.25, -0.2) is 0 Å². The Balaban J connectivity index is 2.57. The molecular formula is C20H22BrClFO. The summed E-state index contributed by atoms with van der Waals surface area (Å²) < 4.78 is 20.1. The molecule has 0 spiro atoms. The van der Waals surface area contributed by atoms with Gasteiger partial charge in [0.1, 0.15) is 0 Å². The van der Waals surface area contributed by atoms with Crippen LogP contribution in [0, 0.1) is 12.3 Å². The summed E-state index contributed by atoms with van der Waals surface area (Å²) in [6.45, 7) is 6.29. The van der Waals surface area contributed by atoms with Gasteiger partial charge in [-0.05, 0) is 29.0 Å². The maximum atomic E-state index is 14.7. The molecule has 0 aliphatic rings. The molecule has 1 radical (unpaired) electrons. The van der Waals surface area contributed by atoms with Crippen molar-refractivity contribution in [3.63, 3.8) is 0 Å². The minimum atomic E-state index is -0.594. The lowest BCUT2D eigenvalue weighted by molar-refractivity contribution is 0.0657. The van der Waals surface area contributed by atoms with Gasteiger partial charge in [-0.2, -0.15) is 4.39 Å². The second-order valence-corrected chi connectivity index (χ2v) is 7.03. The number of halogens is 3. The molecule has 0 saturated heterocycles. The lowest BCUT2D eigenvalue weighted by Crippen LogP contribution is -2.10. The first-order valence-corrected chi connectivity index (χ1v) is 9.60. The van der Waals surface area contributed by atoms with Crippen molar-refractivity contribution in [2.45, 2.75) is 32.5 Å².